The highest BCUT2D eigenvalue weighted by molar-refractivity contribution is 5.74. The van der Waals surface area contributed by atoms with Gasteiger partial charge in [0.25, 0.3) is 0 Å². The molecule has 2 amide bonds. The molecule has 0 bridgehead atoms. The summed E-state index contributed by atoms with van der Waals surface area (Å²) in [5.41, 5.74) is -0.861. The Labute approximate surface area is 129 Å². The third-order valence-electron chi connectivity index (χ3n) is 4.22. The van der Waals surface area contributed by atoms with E-state index in [0.717, 1.165) is 6.54 Å². The minimum atomic E-state index is -0.861. The zero-order valence-electron chi connectivity index (χ0n) is 14.4. The summed E-state index contributed by atoms with van der Waals surface area (Å²) in [6, 6.07) is 0.866. The smallest absolute Gasteiger partial charge is 0.317 e. The van der Waals surface area contributed by atoms with Crippen LogP contribution >= 0.6 is 0 Å². The van der Waals surface area contributed by atoms with Gasteiger partial charge in [0.2, 0.25) is 0 Å². The van der Waals surface area contributed by atoms with Crippen molar-refractivity contribution in [2.24, 2.45) is 0 Å². The molecule has 1 fully saturated rings. The van der Waals surface area contributed by atoms with Gasteiger partial charge in [-0.3, -0.25) is 4.90 Å². The molecule has 1 saturated heterocycles. The lowest BCUT2D eigenvalue weighted by Gasteiger charge is -2.38. The molecule has 5 nitrogen and oxygen atoms in total. The molecule has 1 aliphatic rings. The summed E-state index contributed by atoms with van der Waals surface area (Å²) in [5, 5.41) is 12.9. The van der Waals surface area contributed by atoms with Crippen LogP contribution in [0.2, 0.25) is 0 Å². The quantitative estimate of drug-likeness (QED) is 0.789. The first-order chi connectivity index (χ1) is 9.74. The molecule has 124 valence electrons. The largest absolute Gasteiger partial charge is 0.389 e. The molecular formula is C16H33N3O2. The molecule has 0 aromatic rings. The summed E-state index contributed by atoms with van der Waals surface area (Å²) in [5.74, 6) is 0. The first kappa shape index (κ1) is 18.2. The number of aliphatic hydroxyl groups is 1. The Balaban J connectivity index is 2.43. The van der Waals surface area contributed by atoms with Gasteiger partial charge in [-0.25, -0.2) is 4.79 Å². The number of likely N-dealkylation sites (tertiary alicyclic amines) is 1. The third-order valence-corrected chi connectivity index (χ3v) is 4.22. The molecule has 0 aliphatic carbocycles. The summed E-state index contributed by atoms with van der Waals surface area (Å²) in [4.78, 5) is 16.3. The fraction of sp³-hybridized carbons (Fsp3) is 0.938. The predicted molar refractivity (Wildman–Crippen MR) is 86.4 cm³/mol. The Bertz CT molecular complexity index is 328. The Kier molecular flexibility index (Phi) is 6.94. The fourth-order valence-corrected chi connectivity index (χ4v) is 3.03. The number of likely N-dealkylation sites (N-methyl/N-ethyl adjacent to an activating group) is 1. The lowest BCUT2D eigenvalue weighted by Crippen LogP contribution is -2.52. The number of piperidine rings is 1. The van der Waals surface area contributed by atoms with Crippen LogP contribution in [0.1, 0.15) is 53.9 Å². The molecule has 0 saturated carbocycles. The molecular weight excluding hydrogens is 266 g/mol. The van der Waals surface area contributed by atoms with E-state index in [1.807, 2.05) is 6.92 Å². The van der Waals surface area contributed by atoms with Crippen LogP contribution < -0.4 is 5.32 Å². The maximum atomic E-state index is 12.2. The van der Waals surface area contributed by atoms with Crippen molar-refractivity contribution in [2.45, 2.75) is 71.6 Å². The summed E-state index contributed by atoms with van der Waals surface area (Å²) in [6.45, 7) is 12.6. The minimum absolute atomic E-state index is 0.0869. The summed E-state index contributed by atoms with van der Waals surface area (Å²) in [6.07, 6.45) is 3.81. The molecule has 1 aliphatic heterocycles. The second kappa shape index (κ2) is 7.99. The SMILES string of the molecule is CCN(CC(C)(C)O)C(=O)NC[C@@H](C)N1CCCC[C@@H]1C. The van der Waals surface area contributed by atoms with Crippen LogP contribution in [-0.2, 0) is 0 Å². The van der Waals surface area contributed by atoms with Gasteiger partial charge in [0.05, 0.1) is 12.1 Å². The molecule has 2 N–H and O–H groups in total. The molecule has 5 heteroatoms. The number of carbonyl (C=O) groups excluding carboxylic acids is 1. The van der Waals surface area contributed by atoms with Crippen molar-refractivity contribution < 1.29 is 9.90 Å². The second-order valence-corrected chi connectivity index (χ2v) is 6.94. The Hall–Kier alpha value is -0.810. The van der Waals surface area contributed by atoms with Gasteiger partial charge < -0.3 is 15.3 Å². The summed E-state index contributed by atoms with van der Waals surface area (Å²) in [7, 11) is 0. The van der Waals surface area contributed by atoms with Crippen LogP contribution in [0, 0.1) is 0 Å². The van der Waals surface area contributed by atoms with Gasteiger partial charge in [-0.1, -0.05) is 6.42 Å². The van der Waals surface area contributed by atoms with E-state index in [4.69, 9.17) is 0 Å². The van der Waals surface area contributed by atoms with Gasteiger partial charge in [-0.2, -0.15) is 0 Å². The number of carbonyl (C=O) groups is 1. The van der Waals surface area contributed by atoms with Crippen LogP contribution in [-0.4, -0.2) is 64.8 Å². The van der Waals surface area contributed by atoms with E-state index >= 15 is 0 Å². The molecule has 0 unspecified atom stereocenters. The molecule has 21 heavy (non-hydrogen) atoms. The van der Waals surface area contributed by atoms with Crippen LogP contribution in [0.3, 0.4) is 0 Å². The first-order valence-electron chi connectivity index (χ1n) is 8.25. The van der Waals surface area contributed by atoms with Crippen molar-refractivity contribution in [3.63, 3.8) is 0 Å². The van der Waals surface area contributed by atoms with Crippen LogP contribution in [0.4, 0.5) is 4.79 Å². The summed E-state index contributed by atoms with van der Waals surface area (Å²) < 4.78 is 0. The zero-order valence-corrected chi connectivity index (χ0v) is 14.4. The lowest BCUT2D eigenvalue weighted by atomic mass is 10.0. The zero-order chi connectivity index (χ0) is 16.0. The van der Waals surface area contributed by atoms with Gasteiger partial charge in [0.1, 0.15) is 0 Å². The van der Waals surface area contributed by atoms with E-state index in [-0.39, 0.29) is 6.03 Å². The number of amides is 2. The Morgan fingerprint density at radius 2 is 2.14 bits per heavy atom. The predicted octanol–water partition coefficient (Wildman–Crippen LogP) is 2.05. The Morgan fingerprint density at radius 1 is 1.48 bits per heavy atom. The van der Waals surface area contributed by atoms with Gasteiger partial charge in [-0.05, 0) is 54.0 Å². The maximum Gasteiger partial charge on any atom is 0.317 e. The molecule has 1 rings (SSSR count). The number of urea groups is 1. The van der Waals surface area contributed by atoms with E-state index in [1.54, 1.807) is 18.7 Å². The van der Waals surface area contributed by atoms with Crippen molar-refractivity contribution in [2.75, 3.05) is 26.2 Å². The highest BCUT2D eigenvalue weighted by Gasteiger charge is 2.25. The number of nitrogens with one attached hydrogen (secondary N) is 1. The highest BCUT2D eigenvalue weighted by atomic mass is 16.3. The molecule has 0 aromatic heterocycles. The third kappa shape index (κ3) is 6.22. The number of nitrogens with zero attached hydrogens (tertiary/aromatic N) is 2. The Morgan fingerprint density at radius 3 is 2.67 bits per heavy atom. The van der Waals surface area contributed by atoms with Gasteiger partial charge >= 0.3 is 6.03 Å². The van der Waals surface area contributed by atoms with E-state index < -0.39 is 5.60 Å². The monoisotopic (exact) mass is 299 g/mol. The lowest BCUT2D eigenvalue weighted by molar-refractivity contribution is 0.0473. The van der Waals surface area contributed by atoms with Crippen molar-refractivity contribution in [3.05, 3.63) is 0 Å². The van der Waals surface area contributed by atoms with Crippen LogP contribution in [0.5, 0.6) is 0 Å². The van der Waals surface area contributed by atoms with Crippen molar-refractivity contribution in [1.82, 2.24) is 15.1 Å². The van der Waals surface area contributed by atoms with E-state index in [0.29, 0.717) is 31.7 Å². The van der Waals surface area contributed by atoms with Crippen molar-refractivity contribution >= 4 is 6.03 Å². The van der Waals surface area contributed by atoms with Crippen LogP contribution in [0.15, 0.2) is 0 Å². The van der Waals surface area contributed by atoms with E-state index in [2.05, 4.69) is 24.1 Å². The average Bonchev–Trinajstić information content (AvgIpc) is 2.41. The molecule has 2 atom stereocenters. The first-order valence-corrected chi connectivity index (χ1v) is 8.25. The van der Waals surface area contributed by atoms with Gasteiger partial charge in [0, 0.05) is 25.2 Å². The van der Waals surface area contributed by atoms with Crippen molar-refractivity contribution in [1.29, 1.82) is 0 Å². The van der Waals surface area contributed by atoms with E-state index in [1.165, 1.54) is 19.3 Å². The number of rotatable bonds is 6. The number of hydrogen-bond donors (Lipinski definition) is 2. The average molecular weight is 299 g/mol. The second-order valence-electron chi connectivity index (χ2n) is 6.94. The van der Waals surface area contributed by atoms with Gasteiger partial charge in [0.15, 0.2) is 0 Å². The van der Waals surface area contributed by atoms with E-state index in [9.17, 15) is 9.90 Å². The van der Waals surface area contributed by atoms with Crippen LogP contribution in [0.25, 0.3) is 0 Å². The molecule has 0 radical (unpaired) electrons. The normalized spacial score (nSPS) is 21.9. The van der Waals surface area contributed by atoms with Crippen molar-refractivity contribution in [3.8, 4) is 0 Å². The molecule has 0 aromatic carbocycles. The fourth-order valence-electron chi connectivity index (χ4n) is 3.03. The number of hydrogen-bond acceptors (Lipinski definition) is 3. The highest BCUT2D eigenvalue weighted by Crippen LogP contribution is 2.18. The molecule has 0 spiro atoms. The standard InChI is InChI=1S/C16H33N3O2/c1-6-18(12-16(4,5)21)15(20)17-11-14(3)19-10-8-7-9-13(19)2/h13-14,21H,6-12H2,1-5H3,(H,17,20)/t13-,14+/m0/s1. The van der Waals surface area contributed by atoms with Gasteiger partial charge in [-0.15, -0.1) is 0 Å². The molecule has 1 heterocycles. The minimum Gasteiger partial charge on any atom is -0.389 e. The summed E-state index contributed by atoms with van der Waals surface area (Å²) >= 11 is 0. The maximum absolute atomic E-state index is 12.2. The topological polar surface area (TPSA) is 55.8 Å².